The summed E-state index contributed by atoms with van der Waals surface area (Å²) in [5, 5.41) is 9.23. The predicted octanol–water partition coefficient (Wildman–Crippen LogP) is 2.54. The highest BCUT2D eigenvalue weighted by Gasteiger charge is 2.39. The van der Waals surface area contributed by atoms with Crippen molar-refractivity contribution in [3.8, 4) is 11.8 Å². The van der Waals surface area contributed by atoms with Crippen molar-refractivity contribution in [2.24, 2.45) is 11.7 Å². The maximum atomic E-state index is 9.23. The van der Waals surface area contributed by atoms with Crippen LogP contribution >= 0.6 is 0 Å². The highest BCUT2D eigenvalue weighted by Crippen LogP contribution is 2.35. The molecule has 4 heteroatoms. The van der Waals surface area contributed by atoms with Gasteiger partial charge in [0.15, 0.2) is 0 Å². The van der Waals surface area contributed by atoms with Crippen LogP contribution in [0.15, 0.2) is 24.3 Å². The minimum atomic E-state index is -0.610. The summed E-state index contributed by atoms with van der Waals surface area (Å²) < 4.78 is 5.16. The molecule has 0 spiro atoms. The molecule has 20 heavy (non-hydrogen) atoms. The number of hydrogen-bond acceptors (Lipinski definition) is 4. The summed E-state index contributed by atoms with van der Waals surface area (Å²) in [4.78, 5) is 2.20. The first-order valence-electron chi connectivity index (χ1n) is 7.14. The van der Waals surface area contributed by atoms with E-state index in [-0.39, 0.29) is 0 Å². The maximum absolute atomic E-state index is 9.23. The van der Waals surface area contributed by atoms with Crippen LogP contribution in [-0.4, -0.2) is 26.2 Å². The first-order valence-corrected chi connectivity index (χ1v) is 7.14. The van der Waals surface area contributed by atoms with E-state index < -0.39 is 5.54 Å². The van der Waals surface area contributed by atoms with Crippen molar-refractivity contribution in [1.29, 1.82) is 5.26 Å². The normalized spacial score (nSPS) is 25.2. The molecule has 1 fully saturated rings. The van der Waals surface area contributed by atoms with Crippen LogP contribution in [0, 0.1) is 17.2 Å². The van der Waals surface area contributed by atoms with E-state index in [2.05, 4.69) is 18.0 Å². The Labute approximate surface area is 121 Å². The van der Waals surface area contributed by atoms with Gasteiger partial charge in [0.05, 0.1) is 13.2 Å². The quantitative estimate of drug-likeness (QED) is 0.895. The average molecular weight is 273 g/mol. The Bertz CT molecular complexity index is 479. The zero-order valence-electron chi connectivity index (χ0n) is 12.3. The lowest BCUT2D eigenvalue weighted by molar-refractivity contribution is 0.376. The highest BCUT2D eigenvalue weighted by atomic mass is 16.5. The number of rotatable bonds is 5. The fourth-order valence-corrected chi connectivity index (χ4v) is 2.97. The standard InChI is InChI=1S/C16H23N3O/c1-19(14-5-7-15(20-2)8-6-14)11-9-13-4-3-10-16(13,18)12-17/h5-8,13H,3-4,9-11,18H2,1-2H3. The number of nitrogens with two attached hydrogens (primary N) is 1. The van der Waals surface area contributed by atoms with Gasteiger partial charge < -0.3 is 15.4 Å². The first kappa shape index (κ1) is 14.7. The summed E-state index contributed by atoms with van der Waals surface area (Å²) in [6, 6.07) is 10.3. The van der Waals surface area contributed by atoms with Crippen LogP contribution in [-0.2, 0) is 0 Å². The molecule has 0 aliphatic heterocycles. The molecular formula is C16H23N3O. The topological polar surface area (TPSA) is 62.3 Å². The van der Waals surface area contributed by atoms with E-state index in [4.69, 9.17) is 10.5 Å². The van der Waals surface area contributed by atoms with Crippen LogP contribution in [0.3, 0.4) is 0 Å². The fourth-order valence-electron chi connectivity index (χ4n) is 2.97. The number of nitriles is 1. The average Bonchev–Trinajstić information content (AvgIpc) is 2.86. The van der Waals surface area contributed by atoms with Gasteiger partial charge in [0.2, 0.25) is 0 Å². The molecule has 1 aromatic rings. The van der Waals surface area contributed by atoms with E-state index in [1.807, 2.05) is 24.3 Å². The molecule has 0 saturated heterocycles. The van der Waals surface area contributed by atoms with Crippen LogP contribution < -0.4 is 15.4 Å². The van der Waals surface area contributed by atoms with Crippen molar-refractivity contribution in [3.63, 3.8) is 0 Å². The van der Waals surface area contributed by atoms with Crippen molar-refractivity contribution in [2.75, 3.05) is 25.6 Å². The second kappa shape index (κ2) is 6.15. The van der Waals surface area contributed by atoms with E-state index in [0.717, 1.165) is 43.7 Å². The molecule has 1 saturated carbocycles. The summed E-state index contributed by atoms with van der Waals surface area (Å²) in [5.41, 5.74) is 6.71. The largest absolute Gasteiger partial charge is 0.497 e. The fraction of sp³-hybridized carbons (Fsp3) is 0.562. The summed E-state index contributed by atoms with van der Waals surface area (Å²) in [5.74, 6) is 1.18. The van der Waals surface area contributed by atoms with E-state index in [9.17, 15) is 5.26 Å². The molecule has 1 aliphatic rings. The lowest BCUT2D eigenvalue weighted by atomic mass is 9.87. The number of ether oxygens (including phenoxy) is 1. The van der Waals surface area contributed by atoms with Gasteiger partial charge >= 0.3 is 0 Å². The van der Waals surface area contributed by atoms with Crippen molar-refractivity contribution in [2.45, 2.75) is 31.2 Å². The van der Waals surface area contributed by atoms with Gasteiger partial charge in [-0.15, -0.1) is 0 Å². The Hall–Kier alpha value is -1.73. The zero-order chi connectivity index (χ0) is 14.6. The Morgan fingerprint density at radius 1 is 1.45 bits per heavy atom. The highest BCUT2D eigenvalue weighted by molar-refractivity contribution is 5.48. The van der Waals surface area contributed by atoms with Crippen molar-refractivity contribution in [3.05, 3.63) is 24.3 Å². The smallest absolute Gasteiger partial charge is 0.119 e. The molecule has 0 bridgehead atoms. The molecule has 0 aromatic heterocycles. The van der Waals surface area contributed by atoms with E-state index in [1.165, 1.54) is 0 Å². The van der Waals surface area contributed by atoms with E-state index >= 15 is 0 Å². The van der Waals surface area contributed by atoms with Gasteiger partial charge in [-0.05, 0) is 49.4 Å². The molecule has 0 amide bonds. The third kappa shape index (κ3) is 3.05. The van der Waals surface area contributed by atoms with Crippen LogP contribution in [0.4, 0.5) is 5.69 Å². The number of methoxy groups -OCH3 is 1. The molecule has 1 aliphatic carbocycles. The Balaban J connectivity index is 1.91. The lowest BCUT2D eigenvalue weighted by Gasteiger charge is -2.27. The SMILES string of the molecule is COc1ccc(N(C)CCC2CCCC2(N)C#N)cc1. The molecule has 0 heterocycles. The number of benzene rings is 1. The molecule has 0 radical (unpaired) electrons. The van der Waals surface area contributed by atoms with Gasteiger partial charge in [0.1, 0.15) is 11.3 Å². The van der Waals surface area contributed by atoms with Gasteiger partial charge in [-0.25, -0.2) is 0 Å². The van der Waals surface area contributed by atoms with Crippen molar-refractivity contribution in [1.82, 2.24) is 0 Å². The van der Waals surface area contributed by atoms with Gasteiger partial charge in [0, 0.05) is 19.3 Å². The Morgan fingerprint density at radius 3 is 2.75 bits per heavy atom. The van der Waals surface area contributed by atoms with Gasteiger partial charge in [-0.1, -0.05) is 6.42 Å². The summed E-state index contributed by atoms with van der Waals surface area (Å²) >= 11 is 0. The number of anilines is 1. The van der Waals surface area contributed by atoms with Crippen LogP contribution in [0.25, 0.3) is 0 Å². The molecule has 1 aromatic carbocycles. The third-order valence-corrected chi connectivity index (χ3v) is 4.41. The molecule has 2 unspecified atom stereocenters. The minimum absolute atomic E-state index is 0.313. The van der Waals surface area contributed by atoms with E-state index in [1.54, 1.807) is 7.11 Å². The van der Waals surface area contributed by atoms with Crippen LogP contribution in [0.5, 0.6) is 5.75 Å². The van der Waals surface area contributed by atoms with Crippen molar-refractivity contribution >= 4 is 5.69 Å². The molecule has 108 valence electrons. The lowest BCUT2D eigenvalue weighted by Crippen LogP contribution is -2.42. The van der Waals surface area contributed by atoms with Crippen LogP contribution in [0.2, 0.25) is 0 Å². The van der Waals surface area contributed by atoms with E-state index in [0.29, 0.717) is 5.92 Å². The van der Waals surface area contributed by atoms with Gasteiger partial charge in [0.25, 0.3) is 0 Å². The number of hydrogen-bond donors (Lipinski definition) is 1. The maximum Gasteiger partial charge on any atom is 0.119 e. The van der Waals surface area contributed by atoms with Crippen LogP contribution in [0.1, 0.15) is 25.7 Å². The molecule has 4 nitrogen and oxygen atoms in total. The third-order valence-electron chi connectivity index (χ3n) is 4.41. The second-order valence-corrected chi connectivity index (χ2v) is 5.65. The first-order chi connectivity index (χ1) is 9.59. The second-order valence-electron chi connectivity index (χ2n) is 5.65. The van der Waals surface area contributed by atoms with Gasteiger partial charge in [-0.3, -0.25) is 0 Å². The Morgan fingerprint density at radius 2 is 2.15 bits per heavy atom. The van der Waals surface area contributed by atoms with Gasteiger partial charge in [-0.2, -0.15) is 5.26 Å². The Kier molecular flexibility index (Phi) is 4.51. The minimum Gasteiger partial charge on any atom is -0.497 e. The monoisotopic (exact) mass is 273 g/mol. The van der Waals surface area contributed by atoms with Crippen molar-refractivity contribution < 1.29 is 4.74 Å². The molecular weight excluding hydrogens is 250 g/mol. The summed E-state index contributed by atoms with van der Waals surface area (Å²) in [6.45, 7) is 0.914. The summed E-state index contributed by atoms with van der Waals surface area (Å²) in [6.07, 6.45) is 3.94. The summed E-state index contributed by atoms with van der Waals surface area (Å²) in [7, 11) is 3.74. The number of nitrogens with zero attached hydrogens (tertiary/aromatic N) is 2. The zero-order valence-corrected chi connectivity index (χ0v) is 12.3. The molecule has 2 atom stereocenters. The molecule has 2 rings (SSSR count). The molecule has 2 N–H and O–H groups in total. The predicted molar refractivity (Wildman–Crippen MR) is 80.8 cm³/mol.